The van der Waals surface area contributed by atoms with Gasteiger partial charge in [-0.1, -0.05) is 12.1 Å². The molecular formula is C14H17N5O2. The maximum Gasteiger partial charge on any atom is 0.271 e. The van der Waals surface area contributed by atoms with E-state index in [0.29, 0.717) is 18.8 Å². The summed E-state index contributed by atoms with van der Waals surface area (Å²) in [6, 6.07) is 7.71. The molecule has 4 N–H and O–H groups in total. The Morgan fingerprint density at radius 3 is 3.00 bits per heavy atom. The monoisotopic (exact) mass is 287 g/mol. The molecule has 1 aromatic carbocycles. The number of hydrogen-bond donors (Lipinski definition) is 3. The first-order valence-corrected chi connectivity index (χ1v) is 6.42. The van der Waals surface area contributed by atoms with Crippen LogP contribution in [-0.4, -0.2) is 29.5 Å². The molecule has 7 nitrogen and oxygen atoms in total. The number of nitrogens with one attached hydrogen (secondary N) is 2. The van der Waals surface area contributed by atoms with Crippen LogP contribution in [0.3, 0.4) is 0 Å². The fourth-order valence-electron chi connectivity index (χ4n) is 1.78. The molecule has 7 heteroatoms. The Kier molecular flexibility index (Phi) is 5.05. The fraction of sp³-hybridized carbons (Fsp3) is 0.214. The molecule has 0 fully saturated rings. The Labute approximate surface area is 122 Å². The van der Waals surface area contributed by atoms with Crippen molar-refractivity contribution in [2.45, 2.75) is 6.42 Å². The highest BCUT2D eigenvalue weighted by atomic mass is 16.5. The number of anilines is 1. The van der Waals surface area contributed by atoms with E-state index < -0.39 is 0 Å². The molecule has 0 aliphatic rings. The zero-order valence-electron chi connectivity index (χ0n) is 11.7. The summed E-state index contributed by atoms with van der Waals surface area (Å²) < 4.78 is 5.15. The van der Waals surface area contributed by atoms with Gasteiger partial charge >= 0.3 is 0 Å². The Bertz CT molecular complexity index is 618. The molecule has 0 atom stereocenters. The molecule has 110 valence electrons. The van der Waals surface area contributed by atoms with E-state index in [2.05, 4.69) is 20.7 Å². The zero-order chi connectivity index (χ0) is 15.1. The van der Waals surface area contributed by atoms with Gasteiger partial charge in [-0.05, 0) is 24.1 Å². The third-order valence-corrected chi connectivity index (χ3v) is 2.85. The molecule has 21 heavy (non-hydrogen) atoms. The van der Waals surface area contributed by atoms with Crippen LogP contribution in [0.2, 0.25) is 0 Å². The van der Waals surface area contributed by atoms with Crippen LogP contribution < -0.4 is 21.3 Å². The molecule has 0 saturated carbocycles. The summed E-state index contributed by atoms with van der Waals surface area (Å²) in [6.07, 6.45) is 3.53. The van der Waals surface area contributed by atoms with Crippen LogP contribution in [0.15, 0.2) is 36.7 Å². The molecule has 0 spiro atoms. The summed E-state index contributed by atoms with van der Waals surface area (Å²) in [5.74, 6) is 6.08. The van der Waals surface area contributed by atoms with Gasteiger partial charge < -0.3 is 15.5 Å². The normalized spacial score (nSPS) is 10.0. The van der Waals surface area contributed by atoms with Crippen molar-refractivity contribution in [1.29, 1.82) is 0 Å². The molecule has 2 rings (SSSR count). The summed E-state index contributed by atoms with van der Waals surface area (Å²) in [7, 11) is 1.62. The highest BCUT2D eigenvalue weighted by Gasteiger charge is 2.08. The Morgan fingerprint density at radius 1 is 1.38 bits per heavy atom. The number of rotatable bonds is 6. The minimum Gasteiger partial charge on any atom is -0.497 e. The van der Waals surface area contributed by atoms with E-state index >= 15 is 0 Å². The summed E-state index contributed by atoms with van der Waals surface area (Å²) in [6.45, 7) is 0.494. The quantitative estimate of drug-likeness (QED) is 0.535. The van der Waals surface area contributed by atoms with Crippen LogP contribution in [0.5, 0.6) is 5.75 Å². The number of benzene rings is 1. The van der Waals surface area contributed by atoms with E-state index in [1.807, 2.05) is 24.3 Å². The van der Waals surface area contributed by atoms with Crippen molar-refractivity contribution in [2.75, 3.05) is 19.1 Å². The molecule has 2 aromatic rings. The predicted octanol–water partition coefficient (Wildman–Crippen LogP) is 0.743. The number of nitrogen functional groups attached to an aromatic ring is 1. The van der Waals surface area contributed by atoms with Gasteiger partial charge in [0.05, 0.1) is 19.5 Å². The van der Waals surface area contributed by atoms with Crippen LogP contribution in [0.4, 0.5) is 5.82 Å². The maximum absolute atomic E-state index is 11.9. The number of nitrogens with zero attached hydrogens (tertiary/aromatic N) is 2. The standard InChI is InChI=1S/C14H17N5O2/c1-21-11-4-2-3-10(7-11)5-6-17-14(20)12-8-16-9-13(18-12)19-15/h2-4,7-9H,5-6,15H2,1H3,(H,17,20)(H,18,19). The van der Waals surface area contributed by atoms with Gasteiger partial charge in [0.25, 0.3) is 5.91 Å². The van der Waals surface area contributed by atoms with E-state index in [1.54, 1.807) is 7.11 Å². The number of ether oxygens (including phenoxy) is 1. The highest BCUT2D eigenvalue weighted by molar-refractivity contribution is 5.92. The maximum atomic E-state index is 11.9. The molecule has 0 saturated heterocycles. The van der Waals surface area contributed by atoms with Crippen LogP contribution in [0.25, 0.3) is 0 Å². The zero-order valence-corrected chi connectivity index (χ0v) is 11.7. The first kappa shape index (κ1) is 14.7. The molecular weight excluding hydrogens is 270 g/mol. The van der Waals surface area contributed by atoms with Crippen molar-refractivity contribution in [1.82, 2.24) is 15.3 Å². The van der Waals surface area contributed by atoms with E-state index in [-0.39, 0.29) is 11.6 Å². The van der Waals surface area contributed by atoms with Gasteiger partial charge in [0.15, 0.2) is 5.82 Å². The van der Waals surface area contributed by atoms with Gasteiger partial charge in [-0.25, -0.2) is 10.8 Å². The lowest BCUT2D eigenvalue weighted by molar-refractivity contribution is 0.0949. The number of amides is 1. The number of methoxy groups -OCH3 is 1. The fourth-order valence-corrected chi connectivity index (χ4v) is 1.78. The van der Waals surface area contributed by atoms with E-state index in [1.165, 1.54) is 12.4 Å². The van der Waals surface area contributed by atoms with Crippen molar-refractivity contribution >= 4 is 11.7 Å². The van der Waals surface area contributed by atoms with Gasteiger partial charge in [0.1, 0.15) is 11.4 Å². The van der Waals surface area contributed by atoms with Gasteiger partial charge in [-0.15, -0.1) is 0 Å². The first-order chi connectivity index (χ1) is 10.2. The van der Waals surface area contributed by atoms with Crippen molar-refractivity contribution < 1.29 is 9.53 Å². The first-order valence-electron chi connectivity index (χ1n) is 6.42. The molecule has 0 aliphatic carbocycles. The molecule has 1 aromatic heterocycles. The number of aromatic nitrogens is 2. The second-order valence-corrected chi connectivity index (χ2v) is 4.29. The van der Waals surface area contributed by atoms with Crippen LogP contribution in [-0.2, 0) is 6.42 Å². The van der Waals surface area contributed by atoms with Gasteiger partial charge in [0.2, 0.25) is 0 Å². The summed E-state index contributed by atoms with van der Waals surface area (Å²) >= 11 is 0. The number of carbonyl (C=O) groups excluding carboxylic acids is 1. The second kappa shape index (κ2) is 7.20. The SMILES string of the molecule is COc1cccc(CCNC(=O)c2cncc(NN)n2)c1. The van der Waals surface area contributed by atoms with Gasteiger partial charge in [-0.3, -0.25) is 9.78 Å². The number of hydrogen-bond acceptors (Lipinski definition) is 6. The van der Waals surface area contributed by atoms with E-state index in [4.69, 9.17) is 10.6 Å². The number of carbonyl (C=O) groups is 1. The third-order valence-electron chi connectivity index (χ3n) is 2.85. The van der Waals surface area contributed by atoms with Crippen molar-refractivity contribution in [3.05, 3.63) is 47.9 Å². The largest absolute Gasteiger partial charge is 0.497 e. The lowest BCUT2D eigenvalue weighted by atomic mass is 10.1. The predicted molar refractivity (Wildman–Crippen MR) is 78.9 cm³/mol. The Morgan fingerprint density at radius 2 is 2.24 bits per heavy atom. The smallest absolute Gasteiger partial charge is 0.271 e. The van der Waals surface area contributed by atoms with Crippen molar-refractivity contribution in [2.24, 2.45) is 5.84 Å². The van der Waals surface area contributed by atoms with Crippen LogP contribution in [0, 0.1) is 0 Å². The molecule has 1 heterocycles. The average Bonchev–Trinajstić information content (AvgIpc) is 2.55. The minimum atomic E-state index is -0.289. The molecule has 0 bridgehead atoms. The highest BCUT2D eigenvalue weighted by Crippen LogP contribution is 2.12. The minimum absolute atomic E-state index is 0.219. The summed E-state index contributed by atoms with van der Waals surface area (Å²) in [5.41, 5.74) is 3.65. The lowest BCUT2D eigenvalue weighted by Gasteiger charge is -2.07. The summed E-state index contributed by atoms with van der Waals surface area (Å²) in [4.78, 5) is 19.8. The van der Waals surface area contributed by atoms with Crippen molar-refractivity contribution in [3.63, 3.8) is 0 Å². The molecule has 1 amide bonds. The van der Waals surface area contributed by atoms with Gasteiger partial charge in [0, 0.05) is 6.54 Å². The summed E-state index contributed by atoms with van der Waals surface area (Å²) in [5, 5.41) is 2.79. The number of nitrogens with two attached hydrogens (primary N) is 1. The second-order valence-electron chi connectivity index (χ2n) is 4.29. The van der Waals surface area contributed by atoms with Crippen molar-refractivity contribution in [3.8, 4) is 5.75 Å². The topological polar surface area (TPSA) is 102 Å². The Hall–Kier alpha value is -2.67. The molecule has 0 aliphatic heterocycles. The molecule has 0 unspecified atom stereocenters. The lowest BCUT2D eigenvalue weighted by Crippen LogP contribution is -2.27. The van der Waals surface area contributed by atoms with E-state index in [0.717, 1.165) is 11.3 Å². The molecule has 0 radical (unpaired) electrons. The van der Waals surface area contributed by atoms with E-state index in [9.17, 15) is 4.79 Å². The van der Waals surface area contributed by atoms with Gasteiger partial charge in [-0.2, -0.15) is 0 Å². The third kappa shape index (κ3) is 4.15. The number of hydrazine groups is 1. The Balaban J connectivity index is 1.88. The van der Waals surface area contributed by atoms with Crippen LogP contribution >= 0.6 is 0 Å². The van der Waals surface area contributed by atoms with Crippen LogP contribution in [0.1, 0.15) is 16.1 Å². The average molecular weight is 287 g/mol.